The number of rotatable bonds is 12. The van der Waals surface area contributed by atoms with Crippen LogP contribution in [0.4, 0.5) is 11.4 Å². The molecular weight excluding hydrogens is 556 g/mol. The molecule has 40 heavy (non-hydrogen) atoms. The van der Waals surface area contributed by atoms with E-state index in [0.29, 0.717) is 17.1 Å². The third-order valence-corrected chi connectivity index (χ3v) is 8.12. The maximum absolute atomic E-state index is 13.8. The molecule has 1 unspecified atom stereocenters. The van der Waals surface area contributed by atoms with Crippen molar-refractivity contribution in [3.63, 3.8) is 0 Å². The Hall–Kier alpha value is -3.96. The van der Waals surface area contributed by atoms with E-state index in [1.54, 1.807) is 49.4 Å². The number of carbonyl (C=O) groups is 2. The molecule has 0 saturated heterocycles. The number of benzene rings is 3. The monoisotopic (exact) mass is 586 g/mol. The van der Waals surface area contributed by atoms with Crippen LogP contribution in [0.15, 0.2) is 83.8 Å². The molecule has 0 aromatic heterocycles. The first-order chi connectivity index (χ1) is 18.9. The van der Waals surface area contributed by atoms with Gasteiger partial charge in [0.2, 0.25) is 11.8 Å². The van der Waals surface area contributed by atoms with E-state index < -0.39 is 33.4 Å². The van der Waals surface area contributed by atoms with Gasteiger partial charge in [-0.2, -0.15) is 0 Å². The van der Waals surface area contributed by atoms with E-state index >= 15 is 0 Å². The van der Waals surface area contributed by atoms with Crippen LogP contribution >= 0.6 is 11.6 Å². The van der Waals surface area contributed by atoms with Gasteiger partial charge in [-0.25, -0.2) is 8.42 Å². The second-order valence-electron chi connectivity index (χ2n) is 9.56. The highest BCUT2D eigenvalue weighted by molar-refractivity contribution is 7.92. The standard InChI is InChI=1S/C28H31ClN4O6S/c1-20(2)17-30-28(35)21(3)31(18-22-9-11-23(29)12-10-22)27(34)19-32(24-13-15-25(16-14-24)33(36)37)40(38,39)26-7-5-4-6-8-26/h4-16,20-21H,17-19H2,1-3H3,(H,30,35). The van der Waals surface area contributed by atoms with Crippen LogP contribution in [0, 0.1) is 16.0 Å². The minimum absolute atomic E-state index is 0.0196. The van der Waals surface area contributed by atoms with Crippen LogP contribution in [-0.2, 0) is 26.2 Å². The number of nitro groups is 1. The van der Waals surface area contributed by atoms with E-state index in [1.807, 2.05) is 13.8 Å². The molecule has 0 aliphatic carbocycles. The largest absolute Gasteiger partial charge is 0.354 e. The summed E-state index contributed by atoms with van der Waals surface area (Å²) in [6.45, 7) is 5.24. The van der Waals surface area contributed by atoms with Crippen LogP contribution < -0.4 is 9.62 Å². The number of sulfonamides is 1. The fraction of sp³-hybridized carbons (Fsp3) is 0.286. The summed E-state index contributed by atoms with van der Waals surface area (Å²) in [5, 5.41) is 14.5. The number of non-ortho nitro benzene ring substituents is 1. The van der Waals surface area contributed by atoms with Crippen LogP contribution in [0.2, 0.25) is 5.02 Å². The molecule has 2 amide bonds. The second kappa shape index (κ2) is 13.4. The Morgan fingerprint density at radius 1 is 0.950 bits per heavy atom. The number of hydrogen-bond acceptors (Lipinski definition) is 6. The normalized spacial score (nSPS) is 12.0. The Kier molecular flexibility index (Phi) is 10.2. The predicted octanol–water partition coefficient (Wildman–Crippen LogP) is 4.63. The number of amides is 2. The molecule has 0 aliphatic rings. The van der Waals surface area contributed by atoms with Crippen molar-refractivity contribution in [2.24, 2.45) is 5.92 Å². The van der Waals surface area contributed by atoms with Gasteiger partial charge in [0.25, 0.3) is 15.7 Å². The lowest BCUT2D eigenvalue weighted by Crippen LogP contribution is -2.51. The minimum atomic E-state index is -4.26. The van der Waals surface area contributed by atoms with Crippen LogP contribution in [0.25, 0.3) is 0 Å². The average molecular weight is 587 g/mol. The molecule has 0 aliphatic heterocycles. The average Bonchev–Trinajstić information content (AvgIpc) is 2.94. The summed E-state index contributed by atoms with van der Waals surface area (Å²) in [5.41, 5.74) is 0.521. The van der Waals surface area contributed by atoms with Crippen molar-refractivity contribution in [2.75, 3.05) is 17.4 Å². The Labute approximate surface area is 238 Å². The maximum atomic E-state index is 13.8. The number of nitrogens with zero attached hydrogens (tertiary/aromatic N) is 3. The fourth-order valence-corrected chi connectivity index (χ4v) is 5.37. The molecular formula is C28H31ClN4O6S. The lowest BCUT2D eigenvalue weighted by atomic mass is 10.1. The topological polar surface area (TPSA) is 130 Å². The van der Waals surface area contributed by atoms with Crippen LogP contribution in [0.3, 0.4) is 0 Å². The van der Waals surface area contributed by atoms with Gasteiger partial charge in [0, 0.05) is 30.2 Å². The number of anilines is 1. The molecule has 1 atom stereocenters. The number of halogens is 1. The molecule has 0 spiro atoms. The predicted molar refractivity (Wildman–Crippen MR) is 153 cm³/mol. The SMILES string of the molecule is CC(C)CNC(=O)C(C)N(Cc1ccc(Cl)cc1)C(=O)CN(c1ccc([N+](=O)[O-])cc1)S(=O)(=O)c1ccccc1. The molecule has 0 fully saturated rings. The highest BCUT2D eigenvalue weighted by Gasteiger charge is 2.32. The van der Waals surface area contributed by atoms with Gasteiger partial charge in [-0.15, -0.1) is 0 Å². The second-order valence-corrected chi connectivity index (χ2v) is 11.9. The summed E-state index contributed by atoms with van der Waals surface area (Å²) in [6.07, 6.45) is 0. The van der Waals surface area contributed by atoms with Crippen LogP contribution in [0.5, 0.6) is 0 Å². The molecule has 0 bridgehead atoms. The van der Waals surface area contributed by atoms with Crippen molar-refractivity contribution in [2.45, 2.75) is 38.3 Å². The molecule has 0 saturated carbocycles. The van der Waals surface area contributed by atoms with Crippen molar-refractivity contribution < 1.29 is 22.9 Å². The van der Waals surface area contributed by atoms with Crippen molar-refractivity contribution in [1.82, 2.24) is 10.2 Å². The van der Waals surface area contributed by atoms with Crippen molar-refractivity contribution >= 4 is 44.8 Å². The Morgan fingerprint density at radius 3 is 2.10 bits per heavy atom. The summed E-state index contributed by atoms with van der Waals surface area (Å²) < 4.78 is 28.3. The van der Waals surface area contributed by atoms with Gasteiger partial charge in [0.15, 0.2) is 0 Å². The van der Waals surface area contributed by atoms with Crippen molar-refractivity contribution in [3.8, 4) is 0 Å². The van der Waals surface area contributed by atoms with Gasteiger partial charge in [0.1, 0.15) is 12.6 Å². The summed E-state index contributed by atoms with van der Waals surface area (Å²) in [7, 11) is -4.26. The first-order valence-electron chi connectivity index (χ1n) is 12.5. The Bertz CT molecular complexity index is 1430. The Morgan fingerprint density at radius 2 is 1.55 bits per heavy atom. The first kappa shape index (κ1) is 30.6. The zero-order chi connectivity index (χ0) is 29.4. The van der Waals surface area contributed by atoms with Gasteiger partial charge in [-0.05, 0) is 54.8 Å². The summed E-state index contributed by atoms with van der Waals surface area (Å²) in [4.78, 5) is 38.6. The molecule has 12 heteroatoms. The smallest absolute Gasteiger partial charge is 0.269 e. The van der Waals surface area contributed by atoms with Crippen molar-refractivity contribution in [1.29, 1.82) is 0 Å². The van der Waals surface area contributed by atoms with Gasteiger partial charge in [-0.3, -0.25) is 24.0 Å². The lowest BCUT2D eigenvalue weighted by molar-refractivity contribution is -0.384. The van der Waals surface area contributed by atoms with E-state index in [2.05, 4.69) is 5.32 Å². The quantitative estimate of drug-likeness (QED) is 0.243. The minimum Gasteiger partial charge on any atom is -0.354 e. The third kappa shape index (κ3) is 7.80. The molecule has 0 heterocycles. The zero-order valence-corrected chi connectivity index (χ0v) is 23.9. The third-order valence-electron chi connectivity index (χ3n) is 6.08. The summed E-state index contributed by atoms with van der Waals surface area (Å²) >= 11 is 6.01. The molecule has 0 radical (unpaired) electrons. The number of carbonyl (C=O) groups excluding carboxylic acids is 2. The zero-order valence-electron chi connectivity index (χ0n) is 22.4. The molecule has 3 aromatic carbocycles. The van der Waals surface area contributed by atoms with Crippen LogP contribution in [0.1, 0.15) is 26.3 Å². The molecule has 3 aromatic rings. The van der Waals surface area contributed by atoms with Gasteiger partial charge < -0.3 is 10.2 Å². The fourth-order valence-electron chi connectivity index (χ4n) is 3.81. The highest BCUT2D eigenvalue weighted by atomic mass is 35.5. The van der Waals surface area contributed by atoms with E-state index in [1.165, 1.54) is 41.3 Å². The van der Waals surface area contributed by atoms with Crippen LogP contribution in [-0.4, -0.2) is 49.2 Å². The van der Waals surface area contributed by atoms with E-state index in [0.717, 1.165) is 4.31 Å². The number of hydrogen-bond donors (Lipinski definition) is 1. The molecule has 1 N–H and O–H groups in total. The number of nitrogens with one attached hydrogen (secondary N) is 1. The van der Waals surface area contributed by atoms with Gasteiger partial charge in [0.05, 0.1) is 15.5 Å². The first-order valence-corrected chi connectivity index (χ1v) is 14.4. The van der Waals surface area contributed by atoms with E-state index in [-0.39, 0.29) is 34.6 Å². The summed E-state index contributed by atoms with van der Waals surface area (Å²) in [5.74, 6) is -0.839. The van der Waals surface area contributed by atoms with Gasteiger partial charge in [-0.1, -0.05) is 55.8 Å². The summed E-state index contributed by atoms with van der Waals surface area (Å²) in [6, 6.07) is 18.3. The maximum Gasteiger partial charge on any atom is 0.269 e. The van der Waals surface area contributed by atoms with E-state index in [9.17, 15) is 28.1 Å². The molecule has 212 valence electrons. The molecule has 10 nitrogen and oxygen atoms in total. The number of nitro benzene ring substituents is 1. The van der Waals surface area contributed by atoms with Crippen molar-refractivity contribution in [3.05, 3.63) is 99.6 Å². The Balaban J connectivity index is 2.01. The van der Waals surface area contributed by atoms with Gasteiger partial charge >= 0.3 is 0 Å². The highest BCUT2D eigenvalue weighted by Crippen LogP contribution is 2.26. The molecule has 3 rings (SSSR count). The lowest BCUT2D eigenvalue weighted by Gasteiger charge is -2.32. The van der Waals surface area contributed by atoms with E-state index in [4.69, 9.17) is 11.6 Å².